The Morgan fingerprint density at radius 2 is 1.72 bits per heavy atom. The minimum atomic E-state index is -0.471. The Hall–Kier alpha value is -3.04. The van der Waals surface area contributed by atoms with E-state index in [1.165, 1.54) is 6.21 Å². The molecule has 1 N–H and O–H groups in total. The molecule has 1 amide bonds. The molecule has 5 nitrogen and oxygen atoms in total. The van der Waals surface area contributed by atoms with Crippen molar-refractivity contribution < 1.29 is 14.3 Å². The molecule has 0 aliphatic heterocycles. The molecule has 0 aromatic heterocycles. The summed E-state index contributed by atoms with van der Waals surface area (Å²) in [6, 6.07) is 25.5. The Labute approximate surface area is 206 Å². The van der Waals surface area contributed by atoms with Crippen LogP contribution in [0.25, 0.3) is 10.8 Å². The summed E-state index contributed by atoms with van der Waals surface area (Å²) in [5, 5.41) is 5.81. The van der Waals surface area contributed by atoms with Crippen molar-refractivity contribution in [3.63, 3.8) is 0 Å². The molecule has 0 saturated carbocycles. The molecular formula is C25H16BrIN2O3. The van der Waals surface area contributed by atoms with Gasteiger partial charge in [-0.1, -0.05) is 58.4 Å². The number of carbonyl (C=O) groups excluding carboxylic acids is 2. The van der Waals surface area contributed by atoms with E-state index in [0.717, 1.165) is 18.8 Å². The van der Waals surface area contributed by atoms with Crippen molar-refractivity contribution >= 4 is 67.4 Å². The van der Waals surface area contributed by atoms with Crippen LogP contribution in [0.3, 0.4) is 0 Å². The molecule has 0 saturated heterocycles. The molecule has 158 valence electrons. The van der Waals surface area contributed by atoms with Crippen LogP contribution in [0, 0.1) is 3.57 Å². The highest BCUT2D eigenvalue weighted by Gasteiger charge is 2.14. The fraction of sp³-hybridized carbons (Fsp3) is 0. The van der Waals surface area contributed by atoms with Gasteiger partial charge in [0, 0.05) is 19.2 Å². The topological polar surface area (TPSA) is 67.8 Å². The molecule has 0 aliphatic carbocycles. The number of esters is 1. The Bertz CT molecular complexity index is 1350. The van der Waals surface area contributed by atoms with Crippen LogP contribution in [0.15, 0.2) is 94.5 Å². The van der Waals surface area contributed by atoms with Crippen LogP contribution in [0.2, 0.25) is 0 Å². The fourth-order valence-corrected chi connectivity index (χ4v) is 4.05. The van der Waals surface area contributed by atoms with Crippen LogP contribution in [0.5, 0.6) is 5.75 Å². The second kappa shape index (κ2) is 10.1. The van der Waals surface area contributed by atoms with Crippen molar-refractivity contribution in [1.29, 1.82) is 0 Å². The molecule has 0 radical (unpaired) electrons. The average Bonchev–Trinajstić information content (AvgIpc) is 2.80. The number of amides is 1. The molecule has 4 rings (SSSR count). The molecule has 0 aliphatic rings. The first-order valence-electron chi connectivity index (χ1n) is 9.60. The van der Waals surface area contributed by atoms with Crippen LogP contribution in [-0.2, 0) is 0 Å². The summed E-state index contributed by atoms with van der Waals surface area (Å²) in [5.41, 5.74) is 4.02. The number of hydrogen-bond donors (Lipinski definition) is 1. The van der Waals surface area contributed by atoms with E-state index in [4.69, 9.17) is 4.74 Å². The van der Waals surface area contributed by atoms with E-state index in [9.17, 15) is 9.59 Å². The van der Waals surface area contributed by atoms with Crippen LogP contribution >= 0.6 is 38.5 Å². The van der Waals surface area contributed by atoms with Crippen molar-refractivity contribution in [3.05, 3.63) is 110 Å². The van der Waals surface area contributed by atoms with Gasteiger partial charge in [0.05, 0.1) is 11.8 Å². The summed E-state index contributed by atoms with van der Waals surface area (Å²) in [7, 11) is 0. The number of nitrogens with one attached hydrogen (secondary N) is 1. The zero-order chi connectivity index (χ0) is 22.5. The van der Waals surface area contributed by atoms with Crippen LogP contribution < -0.4 is 10.2 Å². The first-order chi connectivity index (χ1) is 15.5. The van der Waals surface area contributed by atoms with Gasteiger partial charge in [-0.15, -0.1) is 0 Å². The van der Waals surface area contributed by atoms with Crippen LogP contribution in [0.4, 0.5) is 0 Å². The monoisotopic (exact) mass is 598 g/mol. The minimum Gasteiger partial charge on any atom is -0.422 e. The second-order valence-corrected chi connectivity index (χ2v) is 8.97. The number of ether oxygens (including phenoxy) is 1. The van der Waals surface area contributed by atoms with Crippen molar-refractivity contribution in [3.8, 4) is 5.75 Å². The molecule has 0 fully saturated rings. The number of nitrogens with zero attached hydrogens (tertiary/aromatic N) is 1. The van der Waals surface area contributed by atoms with E-state index in [2.05, 4.69) is 49.0 Å². The van der Waals surface area contributed by atoms with Crippen molar-refractivity contribution in [2.45, 2.75) is 0 Å². The number of benzene rings is 4. The number of fused-ring (bicyclic) bond motifs is 1. The number of rotatable bonds is 5. The summed E-state index contributed by atoms with van der Waals surface area (Å²) >= 11 is 5.56. The summed E-state index contributed by atoms with van der Waals surface area (Å²) in [4.78, 5) is 25.2. The molecule has 0 heterocycles. The van der Waals surface area contributed by atoms with Gasteiger partial charge >= 0.3 is 5.97 Å². The van der Waals surface area contributed by atoms with Gasteiger partial charge in [0.25, 0.3) is 5.91 Å². The zero-order valence-electron chi connectivity index (χ0n) is 16.6. The second-order valence-electron chi connectivity index (χ2n) is 6.81. The Morgan fingerprint density at radius 3 is 2.56 bits per heavy atom. The highest BCUT2D eigenvalue weighted by molar-refractivity contribution is 14.1. The predicted molar refractivity (Wildman–Crippen MR) is 137 cm³/mol. The first kappa shape index (κ1) is 22.2. The summed E-state index contributed by atoms with van der Waals surface area (Å²) in [5.74, 6) is -0.468. The normalized spacial score (nSPS) is 10.9. The lowest BCUT2D eigenvalue weighted by atomic mass is 10.0. The predicted octanol–water partition coefficient (Wildman–Crippen LogP) is 6.19. The summed E-state index contributed by atoms with van der Waals surface area (Å²) < 4.78 is 7.43. The Kier molecular flexibility index (Phi) is 6.96. The number of carbonyl (C=O) groups is 2. The van der Waals surface area contributed by atoms with Crippen LogP contribution in [0.1, 0.15) is 26.3 Å². The fourth-order valence-electron chi connectivity index (χ4n) is 3.13. The lowest BCUT2D eigenvalue weighted by Crippen LogP contribution is -2.17. The Morgan fingerprint density at radius 1 is 0.938 bits per heavy atom. The standard InChI is InChI=1S/C25H16BrIN2O3/c26-19-11-12-23(32-25(31)22-10-4-6-16-5-1-2-9-21(16)22)18(13-19)15-28-29-24(30)17-7-3-8-20(27)14-17/h1-15H,(H,29,30)/b28-15-. The van der Waals surface area contributed by atoms with Gasteiger partial charge in [0.15, 0.2) is 0 Å². The number of hydrazone groups is 1. The lowest BCUT2D eigenvalue weighted by molar-refractivity contribution is 0.0736. The molecule has 0 unspecified atom stereocenters. The van der Waals surface area contributed by atoms with E-state index in [-0.39, 0.29) is 5.91 Å². The molecule has 32 heavy (non-hydrogen) atoms. The average molecular weight is 599 g/mol. The third-order valence-electron chi connectivity index (χ3n) is 4.64. The third kappa shape index (κ3) is 5.23. The van der Waals surface area contributed by atoms with Crippen molar-refractivity contribution in [2.75, 3.05) is 0 Å². The maximum Gasteiger partial charge on any atom is 0.344 e. The van der Waals surface area contributed by atoms with E-state index < -0.39 is 5.97 Å². The quantitative estimate of drug-likeness (QED) is 0.0979. The van der Waals surface area contributed by atoms with Gasteiger partial charge in [-0.2, -0.15) is 5.10 Å². The number of hydrogen-bond acceptors (Lipinski definition) is 4. The molecule has 4 aromatic carbocycles. The van der Waals surface area contributed by atoms with E-state index >= 15 is 0 Å². The third-order valence-corrected chi connectivity index (χ3v) is 5.80. The minimum absolute atomic E-state index is 0.330. The van der Waals surface area contributed by atoms with E-state index in [1.807, 2.05) is 42.5 Å². The SMILES string of the molecule is O=C(N/N=C\c1cc(Br)ccc1OC(=O)c1cccc2ccccc12)c1cccc(I)c1. The zero-order valence-corrected chi connectivity index (χ0v) is 20.3. The van der Waals surface area contributed by atoms with Crippen molar-refractivity contribution in [2.24, 2.45) is 5.10 Å². The largest absolute Gasteiger partial charge is 0.422 e. The Balaban J connectivity index is 1.55. The molecule has 0 bridgehead atoms. The van der Waals surface area contributed by atoms with Gasteiger partial charge in [-0.25, -0.2) is 10.2 Å². The summed E-state index contributed by atoms with van der Waals surface area (Å²) in [6.45, 7) is 0. The number of halogens is 2. The first-order valence-corrected chi connectivity index (χ1v) is 11.5. The van der Waals surface area contributed by atoms with Gasteiger partial charge < -0.3 is 4.74 Å². The van der Waals surface area contributed by atoms with Gasteiger partial charge in [-0.3, -0.25) is 4.79 Å². The molecule has 0 atom stereocenters. The lowest BCUT2D eigenvalue weighted by Gasteiger charge is -2.10. The van der Waals surface area contributed by atoms with Gasteiger partial charge in [0.2, 0.25) is 0 Å². The maximum atomic E-state index is 12.9. The molecular weight excluding hydrogens is 583 g/mol. The molecule has 4 aromatic rings. The van der Waals surface area contributed by atoms with Crippen LogP contribution in [-0.4, -0.2) is 18.1 Å². The van der Waals surface area contributed by atoms with E-state index in [0.29, 0.717) is 22.4 Å². The van der Waals surface area contributed by atoms with E-state index in [1.54, 1.807) is 42.5 Å². The highest BCUT2D eigenvalue weighted by atomic mass is 127. The maximum absolute atomic E-state index is 12.9. The highest BCUT2D eigenvalue weighted by Crippen LogP contribution is 2.25. The summed E-state index contributed by atoms with van der Waals surface area (Å²) in [6.07, 6.45) is 1.45. The molecule has 0 spiro atoms. The smallest absolute Gasteiger partial charge is 0.344 e. The van der Waals surface area contributed by atoms with Crippen molar-refractivity contribution in [1.82, 2.24) is 5.43 Å². The van der Waals surface area contributed by atoms with Gasteiger partial charge in [0.1, 0.15) is 5.75 Å². The molecule has 7 heteroatoms. The van der Waals surface area contributed by atoms with Gasteiger partial charge in [-0.05, 0) is 75.8 Å².